The van der Waals surface area contributed by atoms with Gasteiger partial charge < -0.3 is 15.4 Å². The molecule has 4 aromatic carbocycles. The van der Waals surface area contributed by atoms with Crippen molar-refractivity contribution in [1.82, 2.24) is 5.32 Å². The molecule has 4 aromatic rings. The number of halogens is 1. The van der Waals surface area contributed by atoms with Crippen LogP contribution in [0.1, 0.15) is 44.8 Å². The lowest BCUT2D eigenvalue weighted by molar-refractivity contribution is 0.0940. The van der Waals surface area contributed by atoms with E-state index in [0.717, 1.165) is 11.1 Å². The van der Waals surface area contributed by atoms with E-state index >= 15 is 0 Å². The van der Waals surface area contributed by atoms with E-state index in [0.29, 0.717) is 34.2 Å². The Morgan fingerprint density at radius 1 is 0.800 bits per heavy atom. The van der Waals surface area contributed by atoms with Crippen LogP contribution in [0.3, 0.4) is 0 Å². The molecular formula is C29H25ClN2O3. The zero-order chi connectivity index (χ0) is 24.6. The lowest BCUT2D eigenvalue weighted by Gasteiger charge is -2.16. The number of amides is 2. The normalized spacial score (nSPS) is 11.4. The quantitative estimate of drug-likeness (QED) is 0.294. The van der Waals surface area contributed by atoms with Crippen molar-refractivity contribution in [2.45, 2.75) is 19.6 Å². The number of para-hydroxylation sites is 1. The van der Waals surface area contributed by atoms with Crippen molar-refractivity contribution >= 4 is 29.1 Å². The summed E-state index contributed by atoms with van der Waals surface area (Å²) >= 11 is 6.17. The summed E-state index contributed by atoms with van der Waals surface area (Å²) in [5.41, 5.74) is 3.16. The first-order chi connectivity index (χ1) is 17.0. The van der Waals surface area contributed by atoms with E-state index in [1.165, 1.54) is 0 Å². The average molecular weight is 485 g/mol. The van der Waals surface area contributed by atoms with Gasteiger partial charge in [-0.15, -0.1) is 0 Å². The van der Waals surface area contributed by atoms with Gasteiger partial charge in [-0.05, 0) is 55.0 Å². The largest absolute Gasteiger partial charge is 0.489 e. The molecule has 0 unspecified atom stereocenters. The van der Waals surface area contributed by atoms with Gasteiger partial charge in [0.25, 0.3) is 11.8 Å². The Labute approximate surface area is 209 Å². The Balaban J connectivity index is 1.40. The maximum Gasteiger partial charge on any atom is 0.255 e. The van der Waals surface area contributed by atoms with Crippen molar-refractivity contribution in [3.63, 3.8) is 0 Å². The highest BCUT2D eigenvalue weighted by atomic mass is 35.5. The number of carbonyl (C=O) groups excluding carboxylic acids is 2. The molecule has 0 spiro atoms. The van der Waals surface area contributed by atoms with Crippen LogP contribution in [-0.2, 0) is 6.61 Å². The molecule has 35 heavy (non-hydrogen) atoms. The third-order valence-electron chi connectivity index (χ3n) is 5.54. The number of hydrogen-bond donors (Lipinski definition) is 2. The van der Waals surface area contributed by atoms with Crippen molar-refractivity contribution in [3.8, 4) is 5.75 Å². The topological polar surface area (TPSA) is 67.4 Å². The van der Waals surface area contributed by atoms with Crippen LogP contribution in [0.4, 0.5) is 5.69 Å². The zero-order valence-electron chi connectivity index (χ0n) is 19.2. The Hall–Kier alpha value is -4.09. The molecule has 0 radical (unpaired) electrons. The monoisotopic (exact) mass is 484 g/mol. The van der Waals surface area contributed by atoms with Gasteiger partial charge in [-0.3, -0.25) is 9.59 Å². The van der Waals surface area contributed by atoms with Crippen LogP contribution < -0.4 is 15.4 Å². The third-order valence-corrected chi connectivity index (χ3v) is 5.90. The molecule has 2 N–H and O–H groups in total. The molecule has 0 bridgehead atoms. The maximum absolute atomic E-state index is 12.9. The van der Waals surface area contributed by atoms with Gasteiger partial charge in [-0.1, -0.05) is 72.3 Å². The molecule has 0 aliphatic heterocycles. The molecular weight excluding hydrogens is 460 g/mol. The first-order valence-corrected chi connectivity index (χ1v) is 11.6. The predicted octanol–water partition coefficient (Wildman–Crippen LogP) is 6.66. The number of ether oxygens (including phenoxy) is 1. The van der Waals surface area contributed by atoms with E-state index in [9.17, 15) is 9.59 Å². The molecule has 0 fully saturated rings. The van der Waals surface area contributed by atoms with Crippen molar-refractivity contribution in [2.24, 2.45) is 0 Å². The molecule has 0 aliphatic rings. The van der Waals surface area contributed by atoms with E-state index in [1.54, 1.807) is 48.5 Å². The van der Waals surface area contributed by atoms with Crippen LogP contribution in [0.25, 0.3) is 0 Å². The van der Waals surface area contributed by atoms with Crippen LogP contribution in [0.2, 0.25) is 5.02 Å². The van der Waals surface area contributed by atoms with Gasteiger partial charge in [0.15, 0.2) is 0 Å². The summed E-state index contributed by atoms with van der Waals surface area (Å²) in [5.74, 6) is 0.0377. The number of benzene rings is 4. The van der Waals surface area contributed by atoms with Crippen molar-refractivity contribution < 1.29 is 14.3 Å². The standard InChI is InChI=1S/C29H25ClN2O3/c1-20(21-9-3-2-4-10-21)31-29(34)25-12-6-8-14-27(25)32-28(33)22-15-17-24(18-16-22)35-19-23-11-5-7-13-26(23)30/h2-18,20H,19H2,1H3,(H,31,34)(H,32,33)/t20-/m1/s1. The van der Waals surface area contributed by atoms with Gasteiger partial charge in [0.1, 0.15) is 12.4 Å². The van der Waals surface area contributed by atoms with E-state index in [2.05, 4.69) is 10.6 Å². The summed E-state index contributed by atoms with van der Waals surface area (Å²) in [6.45, 7) is 2.25. The number of nitrogens with one attached hydrogen (secondary N) is 2. The van der Waals surface area contributed by atoms with Crippen LogP contribution in [0, 0.1) is 0 Å². The molecule has 2 amide bonds. The average Bonchev–Trinajstić information content (AvgIpc) is 2.89. The van der Waals surface area contributed by atoms with E-state index < -0.39 is 0 Å². The highest BCUT2D eigenvalue weighted by Gasteiger charge is 2.16. The zero-order valence-corrected chi connectivity index (χ0v) is 20.0. The fourth-order valence-corrected chi connectivity index (χ4v) is 3.75. The molecule has 0 saturated heterocycles. The van der Waals surface area contributed by atoms with Crippen LogP contribution in [0.5, 0.6) is 5.75 Å². The van der Waals surface area contributed by atoms with Crippen LogP contribution >= 0.6 is 11.6 Å². The summed E-state index contributed by atoms with van der Waals surface area (Å²) in [4.78, 5) is 25.8. The van der Waals surface area contributed by atoms with E-state index in [4.69, 9.17) is 16.3 Å². The Morgan fingerprint density at radius 3 is 2.20 bits per heavy atom. The molecule has 0 saturated carbocycles. The lowest BCUT2D eigenvalue weighted by atomic mass is 10.1. The van der Waals surface area contributed by atoms with Gasteiger partial charge in [0.05, 0.1) is 17.3 Å². The van der Waals surface area contributed by atoms with E-state index in [-0.39, 0.29) is 17.9 Å². The number of carbonyl (C=O) groups is 2. The smallest absolute Gasteiger partial charge is 0.255 e. The van der Waals surface area contributed by atoms with Gasteiger partial charge in [0, 0.05) is 16.1 Å². The van der Waals surface area contributed by atoms with Gasteiger partial charge in [-0.25, -0.2) is 0 Å². The third kappa shape index (κ3) is 6.28. The summed E-state index contributed by atoms with van der Waals surface area (Å²) in [5, 5.41) is 6.48. The summed E-state index contributed by atoms with van der Waals surface area (Å²) in [6.07, 6.45) is 0. The number of anilines is 1. The second kappa shape index (κ2) is 11.4. The molecule has 0 heterocycles. The SMILES string of the molecule is C[C@@H](NC(=O)c1ccccc1NC(=O)c1ccc(OCc2ccccc2Cl)cc1)c1ccccc1. The first kappa shape index (κ1) is 24.0. The fourth-order valence-electron chi connectivity index (χ4n) is 3.56. The first-order valence-electron chi connectivity index (χ1n) is 11.2. The molecule has 0 aromatic heterocycles. The summed E-state index contributed by atoms with van der Waals surface area (Å²) < 4.78 is 5.78. The van der Waals surface area contributed by atoms with Crippen LogP contribution in [-0.4, -0.2) is 11.8 Å². The van der Waals surface area contributed by atoms with Crippen molar-refractivity contribution in [1.29, 1.82) is 0 Å². The molecule has 0 aliphatic carbocycles. The molecule has 5 nitrogen and oxygen atoms in total. The highest BCUT2D eigenvalue weighted by molar-refractivity contribution is 6.31. The minimum absolute atomic E-state index is 0.175. The minimum atomic E-state index is -0.320. The molecule has 1 atom stereocenters. The maximum atomic E-state index is 12.9. The highest BCUT2D eigenvalue weighted by Crippen LogP contribution is 2.21. The van der Waals surface area contributed by atoms with Gasteiger partial charge in [-0.2, -0.15) is 0 Å². The number of hydrogen-bond acceptors (Lipinski definition) is 3. The fraction of sp³-hybridized carbons (Fsp3) is 0.103. The Bertz CT molecular complexity index is 1310. The molecule has 176 valence electrons. The summed E-state index contributed by atoms with van der Waals surface area (Å²) in [7, 11) is 0. The Kier molecular flexibility index (Phi) is 7.81. The minimum Gasteiger partial charge on any atom is -0.489 e. The lowest BCUT2D eigenvalue weighted by Crippen LogP contribution is -2.28. The van der Waals surface area contributed by atoms with Crippen molar-refractivity contribution in [2.75, 3.05) is 5.32 Å². The van der Waals surface area contributed by atoms with Crippen molar-refractivity contribution in [3.05, 3.63) is 130 Å². The van der Waals surface area contributed by atoms with Crippen LogP contribution in [0.15, 0.2) is 103 Å². The molecule has 4 rings (SSSR count). The Morgan fingerprint density at radius 2 is 1.46 bits per heavy atom. The summed E-state index contributed by atoms with van der Waals surface area (Å²) in [6, 6.07) is 30.8. The second-order valence-electron chi connectivity index (χ2n) is 8.01. The second-order valence-corrected chi connectivity index (χ2v) is 8.42. The predicted molar refractivity (Wildman–Crippen MR) is 139 cm³/mol. The van der Waals surface area contributed by atoms with E-state index in [1.807, 2.05) is 61.5 Å². The van der Waals surface area contributed by atoms with Gasteiger partial charge >= 0.3 is 0 Å². The molecule has 6 heteroatoms. The van der Waals surface area contributed by atoms with Gasteiger partial charge in [0.2, 0.25) is 0 Å². The number of rotatable bonds is 8.